The van der Waals surface area contributed by atoms with Crippen LogP contribution >= 0.6 is 0 Å². The molecule has 0 atom stereocenters. The molecule has 0 saturated heterocycles. The molecule has 17 nitrogen and oxygen atoms in total. The maximum absolute atomic E-state index is 10.4. The van der Waals surface area contributed by atoms with Crippen molar-refractivity contribution in [2.75, 3.05) is 10.9 Å². The summed E-state index contributed by atoms with van der Waals surface area (Å²) < 4.78 is 13.5. The third-order valence-corrected chi connectivity index (χ3v) is 2.21. The zero-order chi connectivity index (χ0) is 16.4. The van der Waals surface area contributed by atoms with E-state index in [0.29, 0.717) is 0 Å². The van der Waals surface area contributed by atoms with Crippen LogP contribution in [-0.4, -0.2) is 40.8 Å². The summed E-state index contributed by atoms with van der Waals surface area (Å²) in [5.74, 6) is -1.32. The molecule has 0 bridgehead atoms. The number of hydrogen-bond donors (Lipinski definition) is 2. The molecule has 0 spiro atoms. The minimum Gasteiger partial charge on any atom is -0.332 e. The molecule has 3 rings (SSSR count). The number of nitro groups is 2. The Bertz CT molecular complexity index is 796. The SMILES string of the molecule is O=[N+]([O-])Nc1nonc1-c1noc(-c2nonc2N[N+](=O)[O-])n1. The summed E-state index contributed by atoms with van der Waals surface area (Å²) in [5.41, 5.74) is 2.96. The third-order valence-electron chi connectivity index (χ3n) is 2.21. The fourth-order valence-electron chi connectivity index (χ4n) is 1.40. The van der Waals surface area contributed by atoms with Gasteiger partial charge in [-0.2, -0.15) is 4.98 Å². The molecule has 0 saturated carbocycles. The lowest BCUT2D eigenvalue weighted by Gasteiger charge is -1.90. The number of aromatic nitrogens is 6. The van der Waals surface area contributed by atoms with E-state index in [0.717, 1.165) is 0 Å². The molecule has 3 aromatic heterocycles. The molecule has 118 valence electrons. The van der Waals surface area contributed by atoms with Gasteiger partial charge in [-0.3, -0.25) is 0 Å². The topological polar surface area (TPSA) is 227 Å². The molecule has 2 N–H and O–H groups in total. The van der Waals surface area contributed by atoms with E-state index in [4.69, 9.17) is 4.52 Å². The average molecular weight is 326 g/mol. The van der Waals surface area contributed by atoms with Gasteiger partial charge in [0, 0.05) is 0 Å². The lowest BCUT2D eigenvalue weighted by atomic mass is 10.4. The normalized spacial score (nSPS) is 10.4. The Hall–Kier alpha value is -4.18. The lowest BCUT2D eigenvalue weighted by molar-refractivity contribution is -0.445. The van der Waals surface area contributed by atoms with Crippen LogP contribution in [0, 0.1) is 20.2 Å². The highest BCUT2D eigenvalue weighted by molar-refractivity contribution is 5.67. The van der Waals surface area contributed by atoms with Crippen molar-refractivity contribution >= 4 is 11.6 Å². The highest BCUT2D eigenvalue weighted by atomic mass is 16.7. The quantitative estimate of drug-likeness (QED) is 0.424. The summed E-state index contributed by atoms with van der Waals surface area (Å²) >= 11 is 0. The highest BCUT2D eigenvalue weighted by Gasteiger charge is 2.26. The van der Waals surface area contributed by atoms with Crippen LogP contribution in [0.3, 0.4) is 0 Å². The Labute approximate surface area is 121 Å². The zero-order valence-corrected chi connectivity index (χ0v) is 10.4. The molecule has 3 aromatic rings. The Morgan fingerprint density at radius 3 is 2.00 bits per heavy atom. The summed E-state index contributed by atoms with van der Waals surface area (Å²) in [5, 5.41) is 35.8. The summed E-state index contributed by atoms with van der Waals surface area (Å²) in [7, 11) is 0. The third kappa shape index (κ3) is 2.68. The molecule has 0 radical (unpaired) electrons. The van der Waals surface area contributed by atoms with Crippen molar-refractivity contribution in [3.8, 4) is 23.1 Å². The fraction of sp³-hybridized carbons (Fsp3) is 0. The van der Waals surface area contributed by atoms with Crippen LogP contribution in [0.1, 0.15) is 0 Å². The van der Waals surface area contributed by atoms with E-state index in [1.54, 1.807) is 10.9 Å². The van der Waals surface area contributed by atoms with Crippen molar-refractivity contribution in [2.24, 2.45) is 0 Å². The molecule has 0 amide bonds. The summed E-state index contributed by atoms with van der Waals surface area (Å²) in [6.45, 7) is 0. The number of hydrazine groups is 2. The molecule has 17 heteroatoms. The standard InChI is InChI=1S/C6H2N10O7/c17-15(18)8-4-1(10-22-13-4)3-7-6(21-12-3)2-5(9-16(19)20)14-23-11-2/h(H,8,13)(H,9,14). The van der Waals surface area contributed by atoms with Crippen LogP contribution in [0.25, 0.3) is 23.1 Å². The van der Waals surface area contributed by atoms with Crippen molar-refractivity contribution in [1.29, 1.82) is 0 Å². The number of anilines is 2. The Morgan fingerprint density at radius 1 is 0.826 bits per heavy atom. The van der Waals surface area contributed by atoms with E-state index < -0.39 is 10.1 Å². The van der Waals surface area contributed by atoms with Crippen molar-refractivity contribution < 1.29 is 23.8 Å². The highest BCUT2D eigenvalue weighted by Crippen LogP contribution is 2.27. The summed E-state index contributed by atoms with van der Waals surface area (Å²) in [6, 6.07) is 0. The van der Waals surface area contributed by atoms with Crippen molar-refractivity contribution in [3.05, 3.63) is 20.2 Å². The van der Waals surface area contributed by atoms with Crippen LogP contribution < -0.4 is 10.9 Å². The summed E-state index contributed by atoms with van der Waals surface area (Å²) in [6.07, 6.45) is 0. The van der Waals surface area contributed by atoms with Gasteiger partial charge in [0.2, 0.25) is 17.2 Å². The fourth-order valence-corrected chi connectivity index (χ4v) is 1.40. The minimum atomic E-state index is -0.902. The first-order chi connectivity index (χ1) is 11.0. The Kier molecular flexibility index (Phi) is 3.18. The van der Waals surface area contributed by atoms with E-state index in [1.165, 1.54) is 0 Å². The predicted molar refractivity (Wildman–Crippen MR) is 62.1 cm³/mol. The van der Waals surface area contributed by atoms with Gasteiger partial charge in [0.05, 0.1) is 0 Å². The Morgan fingerprint density at radius 2 is 1.39 bits per heavy atom. The van der Waals surface area contributed by atoms with Gasteiger partial charge in [-0.05, 0) is 20.6 Å². The number of nitrogens with zero attached hydrogens (tertiary/aromatic N) is 8. The van der Waals surface area contributed by atoms with E-state index in [1.807, 2.05) is 0 Å². The average Bonchev–Trinajstić information content (AvgIpc) is 3.16. The molecule has 0 unspecified atom stereocenters. The smallest absolute Gasteiger partial charge is 0.284 e. The molecular weight excluding hydrogens is 324 g/mol. The summed E-state index contributed by atoms with van der Waals surface area (Å²) in [4.78, 5) is 24.6. The van der Waals surface area contributed by atoms with Gasteiger partial charge in [0.25, 0.3) is 17.5 Å². The van der Waals surface area contributed by atoms with Crippen LogP contribution in [0.15, 0.2) is 13.8 Å². The van der Waals surface area contributed by atoms with Crippen LogP contribution in [0.5, 0.6) is 0 Å². The second-order valence-corrected chi connectivity index (χ2v) is 3.58. The zero-order valence-electron chi connectivity index (χ0n) is 10.4. The van der Waals surface area contributed by atoms with Crippen LogP contribution in [0.4, 0.5) is 11.6 Å². The van der Waals surface area contributed by atoms with E-state index in [2.05, 4.69) is 40.0 Å². The first-order valence-corrected chi connectivity index (χ1v) is 5.36. The molecule has 3 heterocycles. The minimum absolute atomic E-state index is 0.225. The van der Waals surface area contributed by atoms with E-state index >= 15 is 0 Å². The molecule has 0 aromatic carbocycles. The molecule has 0 aliphatic carbocycles. The molecular formula is C6H2N10O7. The van der Waals surface area contributed by atoms with E-state index in [-0.39, 0.29) is 34.7 Å². The van der Waals surface area contributed by atoms with Gasteiger partial charge in [-0.15, -0.1) is 0 Å². The van der Waals surface area contributed by atoms with Gasteiger partial charge < -0.3 is 4.52 Å². The molecule has 0 aliphatic heterocycles. The first-order valence-electron chi connectivity index (χ1n) is 5.36. The van der Waals surface area contributed by atoms with E-state index in [9.17, 15) is 20.2 Å². The van der Waals surface area contributed by atoms with Crippen LogP contribution in [0.2, 0.25) is 0 Å². The lowest BCUT2D eigenvalue weighted by Crippen LogP contribution is -2.09. The molecule has 0 aliphatic rings. The number of nitrogens with one attached hydrogen (secondary N) is 2. The second kappa shape index (κ2) is 5.31. The Balaban J connectivity index is 1.93. The second-order valence-electron chi connectivity index (χ2n) is 3.58. The maximum atomic E-state index is 10.4. The largest absolute Gasteiger partial charge is 0.332 e. The van der Waals surface area contributed by atoms with Crippen molar-refractivity contribution in [2.45, 2.75) is 0 Å². The van der Waals surface area contributed by atoms with Crippen molar-refractivity contribution in [3.63, 3.8) is 0 Å². The number of rotatable bonds is 6. The van der Waals surface area contributed by atoms with Gasteiger partial charge in [0.1, 0.15) is 0 Å². The predicted octanol–water partition coefficient (Wildman–Crippen LogP) is -0.623. The monoisotopic (exact) mass is 326 g/mol. The van der Waals surface area contributed by atoms with Crippen LogP contribution in [-0.2, 0) is 0 Å². The van der Waals surface area contributed by atoms with Gasteiger partial charge in [-0.25, -0.2) is 29.5 Å². The van der Waals surface area contributed by atoms with Gasteiger partial charge in [-0.1, -0.05) is 16.0 Å². The molecule has 0 fully saturated rings. The van der Waals surface area contributed by atoms with Gasteiger partial charge >= 0.3 is 0 Å². The maximum Gasteiger partial charge on any atom is 0.284 e. The van der Waals surface area contributed by atoms with Crippen molar-refractivity contribution in [1.82, 2.24) is 30.8 Å². The number of hydrogen-bond acceptors (Lipinski definition) is 13. The van der Waals surface area contributed by atoms with Gasteiger partial charge in [0.15, 0.2) is 10.1 Å². The molecule has 23 heavy (non-hydrogen) atoms. The first kappa shape index (κ1) is 13.8.